The summed E-state index contributed by atoms with van der Waals surface area (Å²) in [5.74, 6) is 0.103. The minimum absolute atomic E-state index is 0.103. The normalized spacial score (nSPS) is 19.3. The molecule has 1 fully saturated rings. The highest BCUT2D eigenvalue weighted by Gasteiger charge is 2.53. The van der Waals surface area contributed by atoms with Crippen LogP contribution in [0.25, 0.3) is 0 Å². The number of aromatic nitrogens is 2. The van der Waals surface area contributed by atoms with Gasteiger partial charge >= 0.3 is 0 Å². The fourth-order valence-corrected chi connectivity index (χ4v) is 3.58. The Morgan fingerprint density at radius 1 is 1.36 bits per heavy atom. The molecular weight excluding hydrogens is 276 g/mol. The summed E-state index contributed by atoms with van der Waals surface area (Å²) in [4.78, 5) is 15.0. The maximum Gasteiger partial charge on any atom is 0.248 e. The standard InChI is InChI=1S/C17H20N4O/c1-18-15(12-9-19-20(2)10-12)16(22)21-11-17(7-8-17)13-5-3-4-6-14(13)21/h3-6,9-10,15,18H,7-8,11H2,1-2H3. The smallest absolute Gasteiger partial charge is 0.248 e. The second-order valence-corrected chi connectivity index (χ2v) is 6.39. The number of likely N-dealkylation sites (N-methyl/N-ethyl adjacent to an activating group) is 1. The summed E-state index contributed by atoms with van der Waals surface area (Å²) >= 11 is 0. The van der Waals surface area contributed by atoms with Gasteiger partial charge in [-0.15, -0.1) is 0 Å². The van der Waals surface area contributed by atoms with E-state index in [1.807, 2.05) is 31.3 Å². The van der Waals surface area contributed by atoms with Gasteiger partial charge in [-0.2, -0.15) is 5.10 Å². The average molecular weight is 296 g/mol. The van der Waals surface area contributed by atoms with E-state index in [1.165, 1.54) is 18.4 Å². The Morgan fingerprint density at radius 3 is 2.77 bits per heavy atom. The first-order valence-electron chi connectivity index (χ1n) is 7.71. The van der Waals surface area contributed by atoms with Crippen molar-refractivity contribution in [1.29, 1.82) is 0 Å². The Balaban J connectivity index is 1.68. The number of benzene rings is 1. The Hall–Kier alpha value is -2.14. The molecule has 1 atom stereocenters. The highest BCUT2D eigenvalue weighted by atomic mass is 16.2. The van der Waals surface area contributed by atoms with Gasteiger partial charge in [0.1, 0.15) is 6.04 Å². The van der Waals surface area contributed by atoms with Crippen molar-refractivity contribution < 1.29 is 4.79 Å². The SMILES string of the molecule is CNC(C(=O)N1CC2(CC2)c2ccccc21)c1cnn(C)c1. The molecule has 4 rings (SSSR count). The zero-order valence-electron chi connectivity index (χ0n) is 12.9. The summed E-state index contributed by atoms with van der Waals surface area (Å²) in [6, 6.07) is 7.97. The molecule has 5 heteroatoms. The summed E-state index contributed by atoms with van der Waals surface area (Å²) < 4.78 is 1.73. The predicted octanol–water partition coefficient (Wildman–Crippen LogP) is 1.76. The van der Waals surface area contributed by atoms with Gasteiger partial charge < -0.3 is 10.2 Å². The van der Waals surface area contributed by atoms with Gasteiger partial charge in [-0.25, -0.2) is 0 Å². The maximum atomic E-state index is 13.1. The number of hydrogen-bond donors (Lipinski definition) is 1. The van der Waals surface area contributed by atoms with Crippen LogP contribution in [-0.4, -0.2) is 29.3 Å². The van der Waals surface area contributed by atoms with E-state index in [9.17, 15) is 4.79 Å². The molecule has 1 aromatic heterocycles. The van der Waals surface area contributed by atoms with E-state index in [-0.39, 0.29) is 17.4 Å². The number of aryl methyl sites for hydroxylation is 1. The van der Waals surface area contributed by atoms with Crippen LogP contribution in [0.15, 0.2) is 36.7 Å². The number of carbonyl (C=O) groups excluding carboxylic acids is 1. The fourth-order valence-electron chi connectivity index (χ4n) is 3.58. The minimum atomic E-state index is -0.351. The third-order valence-electron chi connectivity index (χ3n) is 4.94. The van der Waals surface area contributed by atoms with Gasteiger partial charge in [-0.05, 0) is 31.5 Å². The minimum Gasteiger partial charge on any atom is -0.310 e. The molecule has 1 aromatic carbocycles. The van der Waals surface area contributed by atoms with Crippen LogP contribution in [0.5, 0.6) is 0 Å². The quantitative estimate of drug-likeness (QED) is 0.939. The number of rotatable bonds is 3. The first-order chi connectivity index (χ1) is 10.6. The van der Waals surface area contributed by atoms with E-state index in [2.05, 4.69) is 28.6 Å². The van der Waals surface area contributed by atoms with Crippen LogP contribution in [0.1, 0.15) is 30.0 Å². The summed E-state index contributed by atoms with van der Waals surface area (Å²) in [6.07, 6.45) is 6.03. The highest BCUT2D eigenvalue weighted by molar-refractivity contribution is 6.00. The van der Waals surface area contributed by atoms with Crippen LogP contribution < -0.4 is 10.2 Å². The molecule has 1 saturated carbocycles. The molecule has 1 amide bonds. The fraction of sp³-hybridized carbons (Fsp3) is 0.412. The van der Waals surface area contributed by atoms with E-state index in [0.29, 0.717) is 0 Å². The second-order valence-electron chi connectivity index (χ2n) is 6.39. The van der Waals surface area contributed by atoms with Gasteiger partial charge in [0.25, 0.3) is 0 Å². The monoisotopic (exact) mass is 296 g/mol. The second kappa shape index (κ2) is 4.68. The Morgan fingerprint density at radius 2 is 2.14 bits per heavy atom. The van der Waals surface area contributed by atoms with Crippen molar-refractivity contribution in [1.82, 2.24) is 15.1 Å². The van der Waals surface area contributed by atoms with Gasteiger partial charge in [0.2, 0.25) is 5.91 Å². The van der Waals surface area contributed by atoms with Crippen molar-refractivity contribution in [2.45, 2.75) is 24.3 Å². The number of amides is 1. The van der Waals surface area contributed by atoms with E-state index in [1.54, 1.807) is 10.9 Å². The summed E-state index contributed by atoms with van der Waals surface area (Å²) in [7, 11) is 3.69. The summed E-state index contributed by atoms with van der Waals surface area (Å²) in [5.41, 5.74) is 3.54. The van der Waals surface area contributed by atoms with Crippen LogP contribution in [0.3, 0.4) is 0 Å². The Kier molecular flexibility index (Phi) is 2.87. The molecule has 0 radical (unpaired) electrons. The molecule has 1 aliphatic heterocycles. The van der Waals surface area contributed by atoms with Gasteiger partial charge in [0.15, 0.2) is 0 Å². The van der Waals surface area contributed by atoms with Crippen molar-refractivity contribution >= 4 is 11.6 Å². The van der Waals surface area contributed by atoms with Crippen LogP contribution >= 0.6 is 0 Å². The maximum absolute atomic E-state index is 13.1. The van der Waals surface area contributed by atoms with Crippen LogP contribution in [0.2, 0.25) is 0 Å². The topological polar surface area (TPSA) is 50.2 Å². The molecule has 2 aromatic rings. The van der Waals surface area contributed by atoms with Crippen molar-refractivity contribution in [3.8, 4) is 0 Å². The van der Waals surface area contributed by atoms with E-state index < -0.39 is 0 Å². The number of hydrogen-bond acceptors (Lipinski definition) is 3. The van der Waals surface area contributed by atoms with Crippen LogP contribution in [0.4, 0.5) is 5.69 Å². The molecule has 114 valence electrons. The summed E-state index contributed by atoms with van der Waals surface area (Å²) in [5, 5.41) is 7.33. The molecular formula is C17H20N4O. The average Bonchev–Trinajstić information content (AvgIpc) is 3.07. The van der Waals surface area contributed by atoms with E-state index in [0.717, 1.165) is 17.8 Å². The molecule has 1 spiro atoms. The predicted molar refractivity (Wildman–Crippen MR) is 84.7 cm³/mol. The molecule has 0 bridgehead atoms. The van der Waals surface area contributed by atoms with Gasteiger partial charge in [0, 0.05) is 36.5 Å². The zero-order valence-corrected chi connectivity index (χ0v) is 12.9. The lowest BCUT2D eigenvalue weighted by molar-refractivity contribution is -0.120. The lowest BCUT2D eigenvalue weighted by atomic mass is 9.99. The first kappa shape index (κ1) is 13.5. The number of carbonyl (C=O) groups is 1. The molecule has 1 N–H and O–H groups in total. The number of anilines is 1. The molecule has 0 saturated heterocycles. The number of para-hydroxylation sites is 1. The van der Waals surface area contributed by atoms with Gasteiger partial charge in [0.05, 0.1) is 6.20 Å². The highest BCUT2D eigenvalue weighted by Crippen LogP contribution is 2.56. The third-order valence-corrected chi connectivity index (χ3v) is 4.94. The zero-order chi connectivity index (χ0) is 15.3. The lowest BCUT2D eigenvalue weighted by Crippen LogP contribution is -2.40. The number of nitrogens with zero attached hydrogens (tertiary/aromatic N) is 3. The van der Waals surface area contributed by atoms with Crippen LogP contribution in [0, 0.1) is 0 Å². The number of fused-ring (bicyclic) bond motifs is 2. The third kappa shape index (κ3) is 1.89. The van der Waals surface area contributed by atoms with Crippen molar-refractivity contribution in [2.24, 2.45) is 7.05 Å². The van der Waals surface area contributed by atoms with Crippen molar-refractivity contribution in [3.63, 3.8) is 0 Å². The van der Waals surface area contributed by atoms with E-state index >= 15 is 0 Å². The molecule has 1 aliphatic carbocycles. The van der Waals surface area contributed by atoms with Crippen molar-refractivity contribution in [3.05, 3.63) is 47.8 Å². The van der Waals surface area contributed by atoms with E-state index in [4.69, 9.17) is 0 Å². The molecule has 22 heavy (non-hydrogen) atoms. The summed E-state index contributed by atoms with van der Waals surface area (Å²) in [6.45, 7) is 0.809. The Bertz CT molecular complexity index is 732. The molecule has 2 heterocycles. The lowest BCUT2D eigenvalue weighted by Gasteiger charge is -2.23. The largest absolute Gasteiger partial charge is 0.310 e. The Labute approximate surface area is 129 Å². The van der Waals surface area contributed by atoms with Crippen LogP contribution in [-0.2, 0) is 17.3 Å². The van der Waals surface area contributed by atoms with Gasteiger partial charge in [-0.1, -0.05) is 18.2 Å². The first-order valence-corrected chi connectivity index (χ1v) is 7.71. The van der Waals surface area contributed by atoms with Gasteiger partial charge in [-0.3, -0.25) is 9.48 Å². The molecule has 2 aliphatic rings. The number of nitrogens with one attached hydrogen (secondary N) is 1. The molecule has 5 nitrogen and oxygen atoms in total. The van der Waals surface area contributed by atoms with Crippen molar-refractivity contribution in [2.75, 3.05) is 18.5 Å². The molecule has 1 unspecified atom stereocenters.